The van der Waals surface area contributed by atoms with E-state index in [0.29, 0.717) is 0 Å². The first-order valence-electron chi connectivity index (χ1n) is 7.39. The first-order valence-corrected chi connectivity index (χ1v) is 8.18. The monoisotopic (exact) mass is 363 g/mol. The normalized spacial score (nSPS) is 20.8. The second-order valence-corrected chi connectivity index (χ2v) is 6.37. The Balaban J connectivity index is 1.54. The molecule has 5 nitrogen and oxygen atoms in total. The van der Waals surface area contributed by atoms with Crippen molar-refractivity contribution in [3.63, 3.8) is 0 Å². The summed E-state index contributed by atoms with van der Waals surface area (Å²) in [7, 11) is 0. The molecule has 1 aromatic heterocycles. The lowest BCUT2D eigenvalue weighted by Crippen LogP contribution is -2.38. The van der Waals surface area contributed by atoms with Gasteiger partial charge in [0.1, 0.15) is 6.61 Å². The smallest absolute Gasteiger partial charge is 0.407 e. The van der Waals surface area contributed by atoms with Gasteiger partial charge in [-0.2, -0.15) is 5.10 Å². The van der Waals surface area contributed by atoms with Gasteiger partial charge in [-0.1, -0.05) is 30.3 Å². The fourth-order valence-corrected chi connectivity index (χ4v) is 3.14. The van der Waals surface area contributed by atoms with Crippen molar-refractivity contribution in [1.29, 1.82) is 0 Å². The van der Waals surface area contributed by atoms with E-state index in [1.54, 1.807) is 6.20 Å². The molecule has 22 heavy (non-hydrogen) atoms. The Morgan fingerprint density at radius 1 is 1.36 bits per heavy atom. The number of aromatic nitrogens is 2. The SMILES string of the molecule is O=C(N[C@H]1CCC[C@H]1n1cc(Br)cn1)OCc1ccccc1. The molecule has 0 radical (unpaired) electrons. The Labute approximate surface area is 137 Å². The quantitative estimate of drug-likeness (QED) is 0.901. The van der Waals surface area contributed by atoms with Crippen LogP contribution in [-0.4, -0.2) is 21.9 Å². The molecule has 1 fully saturated rings. The van der Waals surface area contributed by atoms with Gasteiger partial charge in [0.2, 0.25) is 0 Å². The van der Waals surface area contributed by atoms with Crippen LogP contribution < -0.4 is 5.32 Å². The van der Waals surface area contributed by atoms with Crippen LogP contribution in [0.5, 0.6) is 0 Å². The fourth-order valence-electron chi connectivity index (χ4n) is 2.84. The van der Waals surface area contributed by atoms with Crippen LogP contribution in [0.2, 0.25) is 0 Å². The van der Waals surface area contributed by atoms with Gasteiger partial charge in [-0.3, -0.25) is 4.68 Å². The Bertz CT molecular complexity index is 629. The van der Waals surface area contributed by atoms with E-state index in [2.05, 4.69) is 26.3 Å². The second kappa shape index (κ2) is 6.96. The summed E-state index contributed by atoms with van der Waals surface area (Å²) >= 11 is 3.41. The van der Waals surface area contributed by atoms with Crippen molar-refractivity contribution in [3.05, 3.63) is 52.8 Å². The number of hydrogen-bond donors (Lipinski definition) is 1. The van der Waals surface area contributed by atoms with Crippen molar-refractivity contribution in [2.24, 2.45) is 0 Å². The van der Waals surface area contributed by atoms with Crippen LogP contribution in [0.15, 0.2) is 47.2 Å². The summed E-state index contributed by atoms with van der Waals surface area (Å²) in [5, 5.41) is 7.30. The van der Waals surface area contributed by atoms with E-state index in [-0.39, 0.29) is 24.8 Å². The Morgan fingerprint density at radius 3 is 2.91 bits per heavy atom. The van der Waals surface area contributed by atoms with E-state index in [0.717, 1.165) is 29.3 Å². The third-order valence-electron chi connectivity index (χ3n) is 3.91. The van der Waals surface area contributed by atoms with Gasteiger partial charge in [0, 0.05) is 6.20 Å². The molecule has 6 heteroatoms. The number of ether oxygens (including phenoxy) is 1. The summed E-state index contributed by atoms with van der Waals surface area (Å²) in [6.45, 7) is 0.289. The molecular weight excluding hydrogens is 346 g/mol. The number of alkyl carbamates (subject to hydrolysis) is 1. The number of carbonyl (C=O) groups is 1. The third kappa shape index (κ3) is 3.68. The van der Waals surface area contributed by atoms with Gasteiger partial charge < -0.3 is 10.1 Å². The molecule has 2 aromatic rings. The van der Waals surface area contributed by atoms with Gasteiger partial charge in [-0.05, 0) is 40.8 Å². The minimum absolute atomic E-state index is 0.0649. The van der Waals surface area contributed by atoms with Gasteiger partial charge in [-0.15, -0.1) is 0 Å². The van der Waals surface area contributed by atoms with E-state index in [1.807, 2.05) is 41.2 Å². The molecule has 1 N–H and O–H groups in total. The lowest BCUT2D eigenvalue weighted by Gasteiger charge is -2.21. The van der Waals surface area contributed by atoms with Crippen LogP contribution in [0.3, 0.4) is 0 Å². The standard InChI is InChI=1S/C16H18BrN3O2/c17-13-9-18-20(10-13)15-8-4-7-14(15)19-16(21)22-11-12-5-2-1-3-6-12/h1-3,5-6,9-10,14-15H,4,7-8,11H2,(H,19,21)/t14-,15+/m0/s1. The van der Waals surface area contributed by atoms with E-state index in [1.165, 1.54) is 0 Å². The van der Waals surface area contributed by atoms with Crippen LogP contribution in [0.1, 0.15) is 30.9 Å². The van der Waals surface area contributed by atoms with E-state index >= 15 is 0 Å². The second-order valence-electron chi connectivity index (χ2n) is 5.45. The number of rotatable bonds is 4. The van der Waals surface area contributed by atoms with Crippen LogP contribution >= 0.6 is 15.9 Å². The summed E-state index contributed by atoms with van der Waals surface area (Å²) in [5.41, 5.74) is 0.983. The van der Waals surface area contributed by atoms with Crippen molar-refractivity contribution in [2.45, 2.75) is 38.0 Å². The topological polar surface area (TPSA) is 56.2 Å². The summed E-state index contributed by atoms with van der Waals surface area (Å²) in [6.07, 6.45) is 6.38. The van der Waals surface area contributed by atoms with Gasteiger partial charge in [0.25, 0.3) is 0 Å². The molecule has 1 aromatic carbocycles. The molecular formula is C16H18BrN3O2. The summed E-state index contributed by atoms with van der Waals surface area (Å²) < 4.78 is 8.16. The highest BCUT2D eigenvalue weighted by molar-refractivity contribution is 9.10. The predicted molar refractivity (Wildman–Crippen MR) is 86.4 cm³/mol. The van der Waals surface area contributed by atoms with Gasteiger partial charge in [0.05, 0.1) is 22.8 Å². The highest BCUT2D eigenvalue weighted by Gasteiger charge is 2.30. The number of halogens is 1. The number of carbonyl (C=O) groups excluding carboxylic acids is 1. The number of nitrogens with zero attached hydrogens (tertiary/aromatic N) is 2. The van der Waals surface area contributed by atoms with E-state index in [9.17, 15) is 4.79 Å². The highest BCUT2D eigenvalue weighted by atomic mass is 79.9. The molecule has 0 unspecified atom stereocenters. The van der Waals surface area contributed by atoms with Crippen LogP contribution in [0, 0.1) is 0 Å². The van der Waals surface area contributed by atoms with Crippen LogP contribution in [0.25, 0.3) is 0 Å². The molecule has 1 aliphatic rings. The van der Waals surface area contributed by atoms with Gasteiger partial charge in [0.15, 0.2) is 0 Å². The molecule has 0 spiro atoms. The van der Waals surface area contributed by atoms with Crippen molar-refractivity contribution < 1.29 is 9.53 Å². The number of hydrogen-bond acceptors (Lipinski definition) is 3. The molecule has 0 bridgehead atoms. The van der Waals surface area contributed by atoms with Crippen LogP contribution in [0.4, 0.5) is 4.79 Å². The van der Waals surface area contributed by atoms with Crippen LogP contribution in [-0.2, 0) is 11.3 Å². The highest BCUT2D eigenvalue weighted by Crippen LogP contribution is 2.30. The summed E-state index contributed by atoms with van der Waals surface area (Å²) in [5.74, 6) is 0. The molecule has 116 valence electrons. The predicted octanol–water partition coefficient (Wildman–Crippen LogP) is 3.67. The first-order chi connectivity index (χ1) is 10.7. The van der Waals surface area contributed by atoms with Crippen molar-refractivity contribution >= 4 is 22.0 Å². The summed E-state index contributed by atoms with van der Waals surface area (Å²) in [6, 6.07) is 9.93. The van der Waals surface area contributed by atoms with Gasteiger partial charge >= 0.3 is 6.09 Å². The molecule has 1 saturated carbocycles. The Morgan fingerprint density at radius 2 is 2.18 bits per heavy atom. The largest absolute Gasteiger partial charge is 0.445 e. The maximum atomic E-state index is 12.0. The maximum Gasteiger partial charge on any atom is 0.407 e. The van der Waals surface area contributed by atoms with E-state index in [4.69, 9.17) is 4.74 Å². The number of benzene rings is 1. The average molecular weight is 364 g/mol. The van der Waals surface area contributed by atoms with Crippen molar-refractivity contribution in [1.82, 2.24) is 15.1 Å². The zero-order valence-corrected chi connectivity index (χ0v) is 13.7. The lowest BCUT2D eigenvalue weighted by molar-refractivity contribution is 0.133. The zero-order valence-electron chi connectivity index (χ0n) is 12.1. The van der Waals surface area contributed by atoms with Crippen molar-refractivity contribution in [3.8, 4) is 0 Å². The molecule has 1 heterocycles. The first kappa shape index (κ1) is 15.1. The van der Waals surface area contributed by atoms with E-state index < -0.39 is 0 Å². The molecule has 0 saturated heterocycles. The summed E-state index contributed by atoms with van der Waals surface area (Å²) in [4.78, 5) is 12.0. The number of amides is 1. The molecule has 1 aliphatic carbocycles. The van der Waals surface area contributed by atoms with Gasteiger partial charge in [-0.25, -0.2) is 4.79 Å². The average Bonchev–Trinajstić information content (AvgIpc) is 3.15. The maximum absolute atomic E-state index is 12.0. The third-order valence-corrected chi connectivity index (χ3v) is 4.31. The Hall–Kier alpha value is -1.82. The minimum Gasteiger partial charge on any atom is -0.445 e. The Kier molecular flexibility index (Phi) is 4.77. The molecule has 1 amide bonds. The minimum atomic E-state index is -0.369. The molecule has 0 aliphatic heterocycles. The lowest BCUT2D eigenvalue weighted by atomic mass is 10.2. The fraction of sp³-hybridized carbons (Fsp3) is 0.375. The molecule has 2 atom stereocenters. The van der Waals surface area contributed by atoms with Crippen molar-refractivity contribution in [2.75, 3.05) is 0 Å². The molecule has 3 rings (SSSR count). The number of nitrogens with one attached hydrogen (secondary N) is 1. The zero-order chi connectivity index (χ0) is 15.4.